The first-order valence-electron chi connectivity index (χ1n) is 8.25. The van der Waals surface area contributed by atoms with E-state index in [1.54, 1.807) is 12.1 Å². The van der Waals surface area contributed by atoms with Crippen molar-refractivity contribution in [2.45, 2.75) is 32.3 Å². The number of urea groups is 1. The second kappa shape index (κ2) is 7.36. The van der Waals surface area contributed by atoms with Crippen molar-refractivity contribution in [3.63, 3.8) is 0 Å². The van der Waals surface area contributed by atoms with Gasteiger partial charge in [-0.1, -0.05) is 12.1 Å². The molecule has 5 nitrogen and oxygen atoms in total. The molecule has 1 aliphatic rings. The number of aryl methyl sites for hydroxylation is 1. The third-order valence-corrected chi connectivity index (χ3v) is 4.13. The van der Waals surface area contributed by atoms with Crippen molar-refractivity contribution >= 4 is 17.4 Å². The molecule has 5 heteroatoms. The molecular weight excluding hydrogens is 304 g/mol. The molecule has 0 aromatic heterocycles. The number of rotatable bonds is 4. The molecule has 2 aromatic carbocycles. The molecular formula is C19H22N2O3. The maximum absolute atomic E-state index is 12.2. The van der Waals surface area contributed by atoms with E-state index in [-0.39, 0.29) is 12.1 Å². The Labute approximate surface area is 141 Å². The maximum Gasteiger partial charge on any atom is 0.323 e. The van der Waals surface area contributed by atoms with Crippen molar-refractivity contribution in [1.82, 2.24) is 0 Å². The summed E-state index contributed by atoms with van der Waals surface area (Å²) in [5.41, 5.74) is 3.67. The van der Waals surface area contributed by atoms with Gasteiger partial charge in [-0.15, -0.1) is 0 Å². The number of anilines is 2. The molecule has 0 spiro atoms. The van der Waals surface area contributed by atoms with Gasteiger partial charge in [0, 0.05) is 17.8 Å². The van der Waals surface area contributed by atoms with Crippen LogP contribution >= 0.6 is 0 Å². The summed E-state index contributed by atoms with van der Waals surface area (Å²) in [4.78, 5) is 12.2. The third-order valence-electron chi connectivity index (χ3n) is 4.13. The van der Waals surface area contributed by atoms with Crippen molar-refractivity contribution in [3.05, 3.63) is 53.6 Å². The summed E-state index contributed by atoms with van der Waals surface area (Å²) >= 11 is 0. The molecule has 2 aromatic rings. The highest BCUT2D eigenvalue weighted by Crippen LogP contribution is 2.28. The summed E-state index contributed by atoms with van der Waals surface area (Å²) in [7, 11) is 0. The SMILES string of the molecule is CCOc1ccc(NC(=O)Nc2cccc3c2CC(O)CC3)cc1. The first-order valence-corrected chi connectivity index (χ1v) is 8.25. The minimum absolute atomic E-state index is 0.298. The van der Waals surface area contributed by atoms with E-state index in [0.29, 0.717) is 18.7 Å². The zero-order chi connectivity index (χ0) is 16.9. The molecule has 0 saturated carbocycles. The molecule has 0 saturated heterocycles. The van der Waals surface area contributed by atoms with E-state index in [9.17, 15) is 9.90 Å². The number of ether oxygens (including phenoxy) is 1. The Morgan fingerprint density at radius 3 is 2.75 bits per heavy atom. The maximum atomic E-state index is 12.2. The van der Waals surface area contributed by atoms with Crippen LogP contribution in [-0.2, 0) is 12.8 Å². The largest absolute Gasteiger partial charge is 0.494 e. The molecule has 1 unspecified atom stereocenters. The molecule has 126 valence electrons. The van der Waals surface area contributed by atoms with Crippen molar-refractivity contribution in [2.24, 2.45) is 0 Å². The summed E-state index contributed by atoms with van der Waals surface area (Å²) in [6.07, 6.45) is 1.85. The molecule has 1 aliphatic carbocycles. The van der Waals surface area contributed by atoms with Gasteiger partial charge in [0.1, 0.15) is 5.75 Å². The molecule has 1 atom stereocenters. The molecule has 0 aliphatic heterocycles. The molecule has 2 amide bonds. The number of fused-ring (bicyclic) bond motifs is 1. The predicted octanol–water partition coefficient (Wildman–Crippen LogP) is 3.58. The van der Waals surface area contributed by atoms with E-state index in [4.69, 9.17) is 4.74 Å². The zero-order valence-corrected chi connectivity index (χ0v) is 13.7. The average Bonchev–Trinajstić information content (AvgIpc) is 2.57. The van der Waals surface area contributed by atoms with E-state index < -0.39 is 0 Å². The number of carbonyl (C=O) groups is 1. The Bertz CT molecular complexity index is 713. The van der Waals surface area contributed by atoms with Gasteiger partial charge >= 0.3 is 6.03 Å². The normalized spacial score (nSPS) is 16.2. The molecule has 0 bridgehead atoms. The van der Waals surface area contributed by atoms with Crippen LogP contribution in [0.5, 0.6) is 5.75 Å². The van der Waals surface area contributed by atoms with Crippen LogP contribution < -0.4 is 15.4 Å². The second-order valence-electron chi connectivity index (χ2n) is 5.88. The highest BCUT2D eigenvalue weighted by Gasteiger charge is 2.19. The van der Waals surface area contributed by atoms with Gasteiger partial charge in [-0.25, -0.2) is 4.79 Å². The minimum Gasteiger partial charge on any atom is -0.494 e. The van der Waals surface area contributed by atoms with E-state index >= 15 is 0 Å². The van der Waals surface area contributed by atoms with Crippen LogP contribution in [-0.4, -0.2) is 23.8 Å². The number of aliphatic hydroxyl groups is 1. The number of hydrogen-bond donors (Lipinski definition) is 3. The Kier molecular flexibility index (Phi) is 5.01. The smallest absolute Gasteiger partial charge is 0.323 e. The van der Waals surface area contributed by atoms with Gasteiger partial charge in [0.2, 0.25) is 0 Å². The fourth-order valence-corrected chi connectivity index (χ4v) is 2.97. The van der Waals surface area contributed by atoms with E-state index in [2.05, 4.69) is 16.7 Å². The Hall–Kier alpha value is -2.53. The fourth-order valence-electron chi connectivity index (χ4n) is 2.97. The van der Waals surface area contributed by atoms with Gasteiger partial charge in [0.15, 0.2) is 0 Å². The Morgan fingerprint density at radius 2 is 2.00 bits per heavy atom. The van der Waals surface area contributed by atoms with Crippen LogP contribution in [0.2, 0.25) is 0 Å². The van der Waals surface area contributed by atoms with Crippen molar-refractivity contribution in [1.29, 1.82) is 0 Å². The monoisotopic (exact) mass is 326 g/mol. The van der Waals surface area contributed by atoms with Crippen LogP contribution in [0.15, 0.2) is 42.5 Å². The summed E-state index contributed by atoms with van der Waals surface area (Å²) < 4.78 is 5.38. The fraction of sp³-hybridized carbons (Fsp3) is 0.316. The molecule has 0 radical (unpaired) electrons. The van der Waals surface area contributed by atoms with Crippen molar-refractivity contribution in [2.75, 3.05) is 17.2 Å². The molecule has 3 N–H and O–H groups in total. The summed E-state index contributed by atoms with van der Waals surface area (Å²) in [6.45, 7) is 2.54. The van der Waals surface area contributed by atoms with E-state index in [1.807, 2.05) is 31.2 Å². The van der Waals surface area contributed by atoms with Gasteiger partial charge in [0.25, 0.3) is 0 Å². The lowest BCUT2D eigenvalue weighted by Gasteiger charge is -2.23. The molecule has 0 heterocycles. The van der Waals surface area contributed by atoms with Gasteiger partial charge < -0.3 is 20.5 Å². The van der Waals surface area contributed by atoms with Crippen LogP contribution in [0.4, 0.5) is 16.2 Å². The number of nitrogens with one attached hydrogen (secondary N) is 2. The summed E-state index contributed by atoms with van der Waals surface area (Å²) in [5.74, 6) is 0.773. The van der Waals surface area contributed by atoms with Gasteiger partial charge in [-0.2, -0.15) is 0 Å². The number of aliphatic hydroxyl groups excluding tert-OH is 1. The summed E-state index contributed by atoms with van der Waals surface area (Å²) in [6, 6.07) is 12.8. The standard InChI is InChI=1S/C19H22N2O3/c1-2-24-16-10-7-14(8-11-16)20-19(23)21-18-5-3-4-13-6-9-15(22)12-17(13)18/h3-5,7-8,10-11,15,22H,2,6,9,12H2,1H3,(H2,20,21,23). The third kappa shape index (κ3) is 3.86. The number of benzene rings is 2. The minimum atomic E-state index is -0.338. The molecule has 24 heavy (non-hydrogen) atoms. The van der Waals surface area contributed by atoms with Crippen LogP contribution in [0.1, 0.15) is 24.5 Å². The first-order chi connectivity index (χ1) is 11.7. The predicted molar refractivity (Wildman–Crippen MR) is 94.7 cm³/mol. The van der Waals surface area contributed by atoms with Crippen molar-refractivity contribution in [3.8, 4) is 5.75 Å². The quantitative estimate of drug-likeness (QED) is 0.804. The number of carbonyl (C=O) groups excluding carboxylic acids is 1. The van der Waals surface area contributed by atoms with Crippen LogP contribution in [0, 0.1) is 0 Å². The lowest BCUT2D eigenvalue weighted by atomic mass is 9.88. The van der Waals surface area contributed by atoms with Gasteiger partial charge in [0.05, 0.1) is 12.7 Å². The lowest BCUT2D eigenvalue weighted by Crippen LogP contribution is -2.24. The van der Waals surface area contributed by atoms with Crippen LogP contribution in [0.25, 0.3) is 0 Å². The second-order valence-corrected chi connectivity index (χ2v) is 5.88. The molecule has 0 fully saturated rings. The molecule has 3 rings (SSSR count). The van der Waals surface area contributed by atoms with Gasteiger partial charge in [-0.3, -0.25) is 0 Å². The van der Waals surface area contributed by atoms with E-state index in [0.717, 1.165) is 29.8 Å². The zero-order valence-electron chi connectivity index (χ0n) is 13.7. The first kappa shape index (κ1) is 16.3. The van der Waals surface area contributed by atoms with E-state index in [1.165, 1.54) is 5.56 Å². The average molecular weight is 326 g/mol. The van der Waals surface area contributed by atoms with Crippen molar-refractivity contribution < 1.29 is 14.6 Å². The Balaban J connectivity index is 1.67. The summed E-state index contributed by atoms with van der Waals surface area (Å²) in [5, 5.41) is 15.6. The topological polar surface area (TPSA) is 70.6 Å². The number of amides is 2. The Morgan fingerprint density at radius 1 is 1.21 bits per heavy atom. The van der Waals surface area contributed by atoms with Gasteiger partial charge in [-0.05, 0) is 61.2 Å². The highest BCUT2D eigenvalue weighted by atomic mass is 16.5. The van der Waals surface area contributed by atoms with Crippen LogP contribution in [0.3, 0.4) is 0 Å². The lowest BCUT2D eigenvalue weighted by molar-refractivity contribution is 0.159. The highest BCUT2D eigenvalue weighted by molar-refractivity contribution is 6.00. The number of hydrogen-bond acceptors (Lipinski definition) is 3.